The number of aliphatic hydroxyl groups is 1. The summed E-state index contributed by atoms with van der Waals surface area (Å²) in [5.41, 5.74) is 3.27. The van der Waals surface area contributed by atoms with Crippen LogP contribution in [-0.2, 0) is 27.8 Å². The number of hydrogen-bond donors (Lipinski definition) is 3. The summed E-state index contributed by atoms with van der Waals surface area (Å²) in [7, 11) is -3.82. The first-order valence-electron chi connectivity index (χ1n) is 8.17. The van der Waals surface area contributed by atoms with Crippen molar-refractivity contribution >= 4 is 15.7 Å². The fourth-order valence-electron chi connectivity index (χ4n) is 2.59. The molecule has 0 radical (unpaired) electrons. The fourth-order valence-corrected chi connectivity index (χ4v) is 3.44. The van der Waals surface area contributed by atoms with E-state index in [0.717, 1.165) is 17.4 Å². The molecule has 1 aromatic carbocycles. The quantitative estimate of drug-likeness (QED) is 0.469. The van der Waals surface area contributed by atoms with Crippen LogP contribution in [-0.4, -0.2) is 40.2 Å². The lowest BCUT2D eigenvalue weighted by molar-refractivity contribution is -0.131. The van der Waals surface area contributed by atoms with Crippen molar-refractivity contribution in [1.29, 1.82) is 0 Å². The minimum atomic E-state index is -3.82. The van der Waals surface area contributed by atoms with Gasteiger partial charge in [-0.15, -0.1) is 0 Å². The zero-order chi connectivity index (χ0) is 20.2. The summed E-state index contributed by atoms with van der Waals surface area (Å²) in [5, 5.41) is 17.9. The van der Waals surface area contributed by atoms with Crippen LogP contribution in [0.4, 0.5) is 0 Å². The minimum absolute atomic E-state index is 0.0143. The number of amides is 1. The fraction of sp³-hybridized carbons (Fsp3) is 0.333. The van der Waals surface area contributed by atoms with Crippen LogP contribution in [0.25, 0.3) is 11.1 Å². The molecule has 0 spiro atoms. The second kappa shape index (κ2) is 8.03. The molecule has 0 fully saturated rings. The zero-order valence-electron chi connectivity index (χ0n) is 15.0. The Morgan fingerprint density at radius 1 is 1.19 bits per heavy atom. The van der Waals surface area contributed by atoms with E-state index in [2.05, 4.69) is 0 Å². The summed E-state index contributed by atoms with van der Waals surface area (Å²) in [6.45, 7) is 1.12. The van der Waals surface area contributed by atoms with E-state index in [9.17, 15) is 18.0 Å². The standard InChI is InChI=1S/C18H22N2O6S/c1-18(17(23)19-24,27(2,25)26)8-10-20-9-7-15(11-16(20)22)14-5-3-13(12-21)4-6-14/h3-7,9,11,21,24H,8,10,12H2,1-2H3,(H,19,23). The molecule has 2 rings (SSSR count). The number of rotatable bonds is 7. The molecule has 0 saturated heterocycles. The van der Waals surface area contributed by atoms with Gasteiger partial charge < -0.3 is 9.67 Å². The highest BCUT2D eigenvalue weighted by Gasteiger charge is 2.43. The summed E-state index contributed by atoms with van der Waals surface area (Å²) < 4.78 is 23.4. The van der Waals surface area contributed by atoms with Gasteiger partial charge in [-0.2, -0.15) is 0 Å². The Morgan fingerprint density at radius 3 is 2.30 bits per heavy atom. The molecule has 0 aliphatic carbocycles. The number of benzene rings is 1. The highest BCUT2D eigenvalue weighted by Crippen LogP contribution is 2.22. The van der Waals surface area contributed by atoms with Gasteiger partial charge in [0.15, 0.2) is 14.6 Å². The van der Waals surface area contributed by atoms with Crippen molar-refractivity contribution in [3.8, 4) is 11.1 Å². The number of hydrogen-bond acceptors (Lipinski definition) is 6. The molecule has 3 N–H and O–H groups in total. The van der Waals surface area contributed by atoms with Gasteiger partial charge in [0, 0.05) is 25.1 Å². The third-order valence-electron chi connectivity index (χ3n) is 4.70. The molecule has 0 aliphatic heterocycles. The van der Waals surface area contributed by atoms with Crippen molar-refractivity contribution in [2.24, 2.45) is 0 Å². The van der Waals surface area contributed by atoms with Gasteiger partial charge in [0.1, 0.15) is 0 Å². The molecule has 1 heterocycles. The Bertz CT molecular complexity index is 982. The monoisotopic (exact) mass is 394 g/mol. The number of aliphatic hydroxyl groups excluding tert-OH is 1. The molecule has 146 valence electrons. The Hall–Kier alpha value is -2.49. The lowest BCUT2D eigenvalue weighted by Gasteiger charge is -2.25. The summed E-state index contributed by atoms with van der Waals surface area (Å²) in [6, 6.07) is 10.2. The number of aromatic nitrogens is 1. The van der Waals surface area contributed by atoms with Gasteiger partial charge in [0.2, 0.25) is 0 Å². The van der Waals surface area contributed by atoms with E-state index < -0.39 is 20.5 Å². The van der Waals surface area contributed by atoms with Crippen molar-refractivity contribution < 1.29 is 23.5 Å². The largest absolute Gasteiger partial charge is 0.392 e. The van der Waals surface area contributed by atoms with Crippen molar-refractivity contribution in [3.63, 3.8) is 0 Å². The van der Waals surface area contributed by atoms with E-state index in [1.54, 1.807) is 30.3 Å². The van der Waals surface area contributed by atoms with Gasteiger partial charge in [-0.3, -0.25) is 14.8 Å². The van der Waals surface area contributed by atoms with Crippen LogP contribution in [0, 0.1) is 0 Å². The molecule has 2 aromatic rings. The summed E-state index contributed by atoms with van der Waals surface area (Å²) in [5.74, 6) is -1.04. The Balaban J connectivity index is 2.25. The summed E-state index contributed by atoms with van der Waals surface area (Å²) in [4.78, 5) is 24.2. The molecule has 9 heteroatoms. The number of aryl methyl sites for hydroxylation is 1. The third kappa shape index (κ3) is 4.44. The van der Waals surface area contributed by atoms with Crippen LogP contribution < -0.4 is 11.0 Å². The number of sulfone groups is 1. The number of hydroxylamine groups is 1. The normalized spacial score (nSPS) is 13.8. The molecular formula is C18H22N2O6S. The molecule has 8 nitrogen and oxygen atoms in total. The number of nitrogens with one attached hydrogen (secondary N) is 1. The van der Waals surface area contributed by atoms with E-state index in [1.165, 1.54) is 29.2 Å². The SMILES string of the molecule is CC(CCn1ccc(-c2ccc(CO)cc2)cc1=O)(C(=O)NO)S(C)(=O)=O. The third-order valence-corrected chi connectivity index (χ3v) is 6.72. The number of carbonyl (C=O) groups excluding carboxylic acids is 1. The van der Waals surface area contributed by atoms with Crippen molar-refractivity contribution in [3.05, 3.63) is 58.5 Å². The molecular weight excluding hydrogens is 372 g/mol. The maximum atomic E-state index is 12.4. The van der Waals surface area contributed by atoms with Gasteiger partial charge >= 0.3 is 0 Å². The minimum Gasteiger partial charge on any atom is -0.392 e. The van der Waals surface area contributed by atoms with E-state index in [0.29, 0.717) is 5.56 Å². The van der Waals surface area contributed by atoms with Crippen LogP contribution in [0.3, 0.4) is 0 Å². The number of pyridine rings is 1. The van der Waals surface area contributed by atoms with Crippen LogP contribution in [0.2, 0.25) is 0 Å². The molecule has 1 unspecified atom stereocenters. The van der Waals surface area contributed by atoms with Crippen LogP contribution in [0.15, 0.2) is 47.4 Å². The maximum Gasteiger partial charge on any atom is 0.264 e. The first-order chi connectivity index (χ1) is 12.6. The molecule has 0 aliphatic rings. The average Bonchev–Trinajstić information content (AvgIpc) is 2.65. The predicted molar refractivity (Wildman–Crippen MR) is 99.9 cm³/mol. The van der Waals surface area contributed by atoms with E-state index >= 15 is 0 Å². The van der Waals surface area contributed by atoms with E-state index in [1.807, 2.05) is 0 Å². The lowest BCUT2D eigenvalue weighted by atomic mass is 10.0. The Labute approximate surface area is 157 Å². The lowest BCUT2D eigenvalue weighted by Crippen LogP contribution is -2.49. The zero-order valence-corrected chi connectivity index (χ0v) is 15.9. The molecule has 1 aromatic heterocycles. The van der Waals surface area contributed by atoms with Crippen LogP contribution >= 0.6 is 0 Å². The number of nitrogens with zero attached hydrogens (tertiary/aromatic N) is 1. The number of carbonyl (C=O) groups is 1. The molecule has 0 bridgehead atoms. The second-order valence-electron chi connectivity index (χ2n) is 6.50. The molecule has 1 amide bonds. The average molecular weight is 394 g/mol. The van der Waals surface area contributed by atoms with Gasteiger partial charge in [0.05, 0.1) is 6.61 Å². The van der Waals surface area contributed by atoms with Gasteiger partial charge in [-0.25, -0.2) is 13.9 Å². The van der Waals surface area contributed by atoms with Crippen LogP contribution in [0.5, 0.6) is 0 Å². The van der Waals surface area contributed by atoms with Gasteiger partial charge in [0.25, 0.3) is 11.5 Å². The van der Waals surface area contributed by atoms with Crippen molar-refractivity contribution in [2.45, 2.75) is 31.2 Å². The van der Waals surface area contributed by atoms with Gasteiger partial charge in [-0.1, -0.05) is 24.3 Å². The molecule has 27 heavy (non-hydrogen) atoms. The first kappa shape index (κ1) is 20.8. The Morgan fingerprint density at radius 2 is 1.81 bits per heavy atom. The summed E-state index contributed by atoms with van der Waals surface area (Å²) >= 11 is 0. The van der Waals surface area contributed by atoms with Gasteiger partial charge in [-0.05, 0) is 36.1 Å². The smallest absolute Gasteiger partial charge is 0.264 e. The molecule has 0 saturated carbocycles. The topological polar surface area (TPSA) is 126 Å². The predicted octanol–water partition coefficient (Wildman–Crippen LogP) is 0.706. The highest BCUT2D eigenvalue weighted by atomic mass is 32.2. The van der Waals surface area contributed by atoms with Crippen LogP contribution in [0.1, 0.15) is 18.9 Å². The Kier molecular flexibility index (Phi) is 6.19. The van der Waals surface area contributed by atoms with Crippen molar-refractivity contribution in [2.75, 3.05) is 6.26 Å². The summed E-state index contributed by atoms with van der Waals surface area (Å²) in [6.07, 6.45) is 2.25. The van der Waals surface area contributed by atoms with E-state index in [-0.39, 0.29) is 25.1 Å². The maximum absolute atomic E-state index is 12.4. The first-order valence-corrected chi connectivity index (χ1v) is 10.1. The van der Waals surface area contributed by atoms with Crippen molar-refractivity contribution in [1.82, 2.24) is 10.0 Å². The highest BCUT2D eigenvalue weighted by molar-refractivity contribution is 7.92. The molecule has 1 atom stereocenters. The van der Waals surface area contributed by atoms with E-state index in [4.69, 9.17) is 10.3 Å². The second-order valence-corrected chi connectivity index (χ2v) is 8.94.